The summed E-state index contributed by atoms with van der Waals surface area (Å²) in [5.41, 5.74) is -1.10. The first-order chi connectivity index (χ1) is 6.97. The Bertz CT molecular complexity index is 400. The average Bonchev–Trinajstić information content (AvgIpc) is 2.15. The minimum atomic E-state index is -2.89. The van der Waals surface area contributed by atoms with Crippen LogP contribution in [0.1, 0.15) is 22.5 Å². The second kappa shape index (κ2) is 4.85. The number of rotatable bonds is 3. The van der Waals surface area contributed by atoms with Crippen LogP contribution in [0.4, 0.5) is 8.78 Å². The lowest BCUT2D eigenvalue weighted by molar-refractivity contribution is 0.105. The molecule has 0 bridgehead atoms. The van der Waals surface area contributed by atoms with Gasteiger partial charge in [-0.05, 0) is 27.5 Å². The number of hydrogen-bond donors (Lipinski definition) is 0. The van der Waals surface area contributed by atoms with E-state index in [1.165, 1.54) is 13.2 Å². The van der Waals surface area contributed by atoms with Crippen molar-refractivity contribution in [2.45, 2.75) is 6.43 Å². The normalized spacial score (nSPS) is 10.5. The van der Waals surface area contributed by atoms with E-state index in [1.807, 2.05) is 0 Å². The molecule has 3 nitrogen and oxygen atoms in total. The highest BCUT2D eigenvalue weighted by molar-refractivity contribution is 9.10. The van der Waals surface area contributed by atoms with Gasteiger partial charge in [0.05, 0.1) is 7.11 Å². The zero-order valence-corrected chi connectivity index (χ0v) is 9.77. The van der Waals surface area contributed by atoms with Gasteiger partial charge < -0.3 is 4.74 Å². The molecule has 0 aliphatic heterocycles. The average molecular weight is 300 g/mol. The van der Waals surface area contributed by atoms with Crippen LogP contribution in [0.25, 0.3) is 0 Å². The fraction of sp³-hybridized carbons (Fsp3) is 0.250. The van der Waals surface area contributed by atoms with Gasteiger partial charge in [0.15, 0.2) is 0 Å². The summed E-state index contributed by atoms with van der Waals surface area (Å²) in [6.45, 7) is 0. The van der Waals surface area contributed by atoms with Crippen molar-refractivity contribution in [3.8, 4) is 5.75 Å². The topological polar surface area (TPSA) is 39.2 Å². The standard InChI is InChI=1S/C8H5BrClF2NO2/c1-15-3-2-4(9)13-6(8(11)12)5(3)7(10)14/h2,8H,1H3. The van der Waals surface area contributed by atoms with Gasteiger partial charge in [-0.1, -0.05) is 0 Å². The number of carbonyl (C=O) groups is 1. The van der Waals surface area contributed by atoms with E-state index >= 15 is 0 Å². The van der Waals surface area contributed by atoms with Gasteiger partial charge in [-0.15, -0.1) is 0 Å². The molecule has 0 saturated heterocycles. The summed E-state index contributed by atoms with van der Waals surface area (Å²) in [4.78, 5) is 14.4. The fourth-order valence-corrected chi connectivity index (χ4v) is 1.62. The Morgan fingerprint density at radius 3 is 2.67 bits per heavy atom. The largest absolute Gasteiger partial charge is 0.496 e. The van der Waals surface area contributed by atoms with E-state index in [9.17, 15) is 13.6 Å². The van der Waals surface area contributed by atoms with E-state index in [2.05, 4.69) is 20.9 Å². The van der Waals surface area contributed by atoms with E-state index in [-0.39, 0.29) is 10.4 Å². The van der Waals surface area contributed by atoms with Crippen LogP contribution in [-0.2, 0) is 0 Å². The third-order valence-electron chi connectivity index (χ3n) is 1.60. The van der Waals surface area contributed by atoms with Crippen LogP contribution in [-0.4, -0.2) is 17.3 Å². The van der Waals surface area contributed by atoms with E-state index < -0.39 is 22.9 Å². The van der Waals surface area contributed by atoms with E-state index in [1.54, 1.807) is 0 Å². The number of alkyl halides is 2. The van der Waals surface area contributed by atoms with Gasteiger partial charge in [-0.25, -0.2) is 13.8 Å². The second-order valence-electron chi connectivity index (χ2n) is 2.48. The van der Waals surface area contributed by atoms with Gasteiger partial charge in [0.2, 0.25) is 0 Å². The van der Waals surface area contributed by atoms with Crippen molar-refractivity contribution in [2.24, 2.45) is 0 Å². The van der Waals surface area contributed by atoms with Crippen molar-refractivity contribution in [3.05, 3.63) is 21.9 Å². The molecule has 0 radical (unpaired) electrons. The molecule has 0 atom stereocenters. The summed E-state index contributed by atoms with van der Waals surface area (Å²) < 4.78 is 30.0. The van der Waals surface area contributed by atoms with Crippen LogP contribution in [0.5, 0.6) is 5.75 Å². The summed E-state index contributed by atoms with van der Waals surface area (Å²) in [6, 6.07) is 1.29. The molecule has 0 amide bonds. The SMILES string of the molecule is COc1cc(Br)nc(C(F)F)c1C(=O)Cl. The molecule has 0 fully saturated rings. The predicted molar refractivity (Wildman–Crippen MR) is 53.6 cm³/mol. The highest BCUT2D eigenvalue weighted by Crippen LogP contribution is 2.31. The molecule has 0 aliphatic rings. The number of hydrogen-bond acceptors (Lipinski definition) is 3. The molecule has 0 aliphatic carbocycles. The lowest BCUT2D eigenvalue weighted by Crippen LogP contribution is -2.05. The maximum atomic E-state index is 12.5. The Morgan fingerprint density at radius 2 is 2.27 bits per heavy atom. The molecule has 0 N–H and O–H groups in total. The van der Waals surface area contributed by atoms with Crippen LogP contribution in [0.15, 0.2) is 10.7 Å². The quantitative estimate of drug-likeness (QED) is 0.636. The summed E-state index contributed by atoms with van der Waals surface area (Å²) in [5, 5.41) is -1.03. The molecular formula is C8H5BrClF2NO2. The van der Waals surface area contributed by atoms with Crippen molar-refractivity contribution >= 4 is 32.8 Å². The summed E-state index contributed by atoms with van der Waals surface area (Å²) in [5.74, 6) is -0.0350. The lowest BCUT2D eigenvalue weighted by atomic mass is 10.2. The molecule has 1 aromatic heterocycles. The van der Waals surface area contributed by atoms with Gasteiger partial charge in [-0.3, -0.25) is 4.79 Å². The van der Waals surface area contributed by atoms with Gasteiger partial charge in [-0.2, -0.15) is 0 Å². The second-order valence-corrected chi connectivity index (χ2v) is 3.64. The Kier molecular flexibility index (Phi) is 3.98. The number of carbonyl (C=O) groups excluding carboxylic acids is 1. The monoisotopic (exact) mass is 299 g/mol. The zero-order valence-electron chi connectivity index (χ0n) is 7.43. The van der Waals surface area contributed by atoms with Crippen molar-refractivity contribution in [1.29, 1.82) is 0 Å². The molecule has 1 aromatic rings. The molecule has 7 heteroatoms. The summed E-state index contributed by atoms with van der Waals surface area (Å²) in [6.07, 6.45) is -2.89. The maximum absolute atomic E-state index is 12.5. The fourth-order valence-electron chi connectivity index (χ4n) is 1.03. The molecule has 0 aromatic carbocycles. The van der Waals surface area contributed by atoms with Gasteiger partial charge in [0.25, 0.3) is 11.7 Å². The molecule has 1 rings (SSSR count). The Morgan fingerprint density at radius 1 is 1.67 bits per heavy atom. The molecule has 15 heavy (non-hydrogen) atoms. The molecule has 82 valence electrons. The number of nitrogens with zero attached hydrogens (tertiary/aromatic N) is 1. The molecule has 0 saturated carbocycles. The van der Waals surface area contributed by atoms with Crippen molar-refractivity contribution in [2.75, 3.05) is 7.11 Å². The highest BCUT2D eigenvalue weighted by atomic mass is 79.9. The van der Waals surface area contributed by atoms with Crippen LogP contribution < -0.4 is 4.74 Å². The van der Waals surface area contributed by atoms with Gasteiger partial charge >= 0.3 is 0 Å². The van der Waals surface area contributed by atoms with Crippen molar-refractivity contribution < 1.29 is 18.3 Å². The number of methoxy groups -OCH3 is 1. The first-order valence-corrected chi connectivity index (χ1v) is 4.87. The first-order valence-electron chi connectivity index (χ1n) is 3.69. The molecule has 0 spiro atoms. The number of halogens is 4. The van der Waals surface area contributed by atoms with Crippen molar-refractivity contribution in [1.82, 2.24) is 4.98 Å². The summed E-state index contributed by atoms with van der Waals surface area (Å²) >= 11 is 8.11. The number of pyridine rings is 1. The Hall–Kier alpha value is -0.750. The number of aromatic nitrogens is 1. The molecule has 0 unspecified atom stereocenters. The Labute approximate surface area is 97.5 Å². The number of ether oxygens (including phenoxy) is 1. The third kappa shape index (κ3) is 2.63. The lowest BCUT2D eigenvalue weighted by Gasteiger charge is -2.09. The molecule has 1 heterocycles. The minimum Gasteiger partial charge on any atom is -0.496 e. The van der Waals surface area contributed by atoms with E-state index in [0.717, 1.165) is 0 Å². The molecular weight excluding hydrogens is 295 g/mol. The smallest absolute Gasteiger partial charge is 0.281 e. The minimum absolute atomic E-state index is 0.0350. The third-order valence-corrected chi connectivity index (χ3v) is 2.20. The Balaban J connectivity index is 3.47. The van der Waals surface area contributed by atoms with E-state index in [0.29, 0.717) is 0 Å². The predicted octanol–water partition coefficient (Wildman–Crippen LogP) is 3.17. The van der Waals surface area contributed by atoms with Crippen LogP contribution in [0.2, 0.25) is 0 Å². The highest BCUT2D eigenvalue weighted by Gasteiger charge is 2.24. The zero-order chi connectivity index (χ0) is 11.6. The van der Waals surface area contributed by atoms with E-state index in [4.69, 9.17) is 16.3 Å². The van der Waals surface area contributed by atoms with Gasteiger partial charge in [0, 0.05) is 6.07 Å². The summed E-state index contributed by atoms with van der Waals surface area (Å²) in [7, 11) is 1.25. The van der Waals surface area contributed by atoms with Crippen molar-refractivity contribution in [3.63, 3.8) is 0 Å². The van der Waals surface area contributed by atoms with Crippen LogP contribution >= 0.6 is 27.5 Å². The van der Waals surface area contributed by atoms with Crippen LogP contribution in [0.3, 0.4) is 0 Å². The maximum Gasteiger partial charge on any atom is 0.281 e. The first kappa shape index (κ1) is 12.3. The van der Waals surface area contributed by atoms with Crippen LogP contribution in [0, 0.1) is 0 Å². The van der Waals surface area contributed by atoms with Gasteiger partial charge in [0.1, 0.15) is 21.6 Å².